The number of H-pyrrole nitrogens is 1. The summed E-state index contributed by atoms with van der Waals surface area (Å²) in [5.41, 5.74) is 6.81. The molecule has 0 atom stereocenters. The molecule has 4 aromatic carbocycles. The fourth-order valence-electron chi connectivity index (χ4n) is 4.44. The largest absolute Gasteiger partial charge is 0.290 e. The first-order valence-corrected chi connectivity index (χ1v) is 13.0. The van der Waals surface area contributed by atoms with Crippen molar-refractivity contribution in [3.8, 4) is 27.5 Å². The monoisotopic (exact) mass is 518 g/mol. The van der Waals surface area contributed by atoms with Crippen molar-refractivity contribution in [2.75, 3.05) is 0 Å². The Balaban J connectivity index is 1.39. The van der Waals surface area contributed by atoms with Crippen LogP contribution in [0.3, 0.4) is 0 Å². The van der Waals surface area contributed by atoms with Crippen LogP contribution in [0.5, 0.6) is 0 Å². The number of aromatic nitrogens is 3. The number of hydrogen-bond acceptors (Lipinski definition) is 4. The van der Waals surface area contributed by atoms with Crippen molar-refractivity contribution in [1.29, 1.82) is 0 Å². The normalized spacial score (nSPS) is 11.8. The van der Waals surface area contributed by atoms with Crippen LogP contribution in [0.1, 0.15) is 18.1 Å². The van der Waals surface area contributed by atoms with E-state index in [1.807, 2.05) is 67.6 Å². The average Bonchev–Trinajstić information content (AvgIpc) is 3.51. The number of fused-ring (bicyclic) bond motifs is 1. The van der Waals surface area contributed by atoms with Crippen molar-refractivity contribution in [2.24, 2.45) is 4.99 Å². The van der Waals surface area contributed by atoms with Gasteiger partial charge in [-0.3, -0.25) is 14.9 Å². The van der Waals surface area contributed by atoms with E-state index in [9.17, 15) is 9.18 Å². The van der Waals surface area contributed by atoms with Crippen LogP contribution in [0.15, 0.2) is 107 Å². The molecule has 0 aliphatic carbocycles. The highest BCUT2D eigenvalue weighted by Crippen LogP contribution is 2.32. The highest BCUT2D eigenvalue weighted by molar-refractivity contribution is 7.21. The van der Waals surface area contributed by atoms with E-state index < -0.39 is 0 Å². The number of rotatable bonds is 5. The molecule has 6 rings (SSSR count). The first-order valence-electron chi connectivity index (χ1n) is 12.2. The zero-order valence-electron chi connectivity index (χ0n) is 20.8. The van der Waals surface area contributed by atoms with Gasteiger partial charge in [-0.05, 0) is 80.1 Å². The van der Waals surface area contributed by atoms with Gasteiger partial charge in [0.2, 0.25) is 0 Å². The van der Waals surface area contributed by atoms with Crippen LogP contribution in [-0.2, 0) is 0 Å². The lowest BCUT2D eigenvalue weighted by molar-refractivity contribution is 0.627. The molecule has 1 N–H and O–H groups in total. The van der Waals surface area contributed by atoms with Gasteiger partial charge >= 0.3 is 0 Å². The lowest BCUT2D eigenvalue weighted by Crippen LogP contribution is -2.19. The number of aliphatic imine (C=N–C) groups is 1. The van der Waals surface area contributed by atoms with Crippen LogP contribution < -0.4 is 5.56 Å². The molecule has 0 saturated carbocycles. The Morgan fingerprint density at radius 2 is 1.66 bits per heavy atom. The highest BCUT2D eigenvalue weighted by atomic mass is 32.1. The van der Waals surface area contributed by atoms with E-state index in [0.717, 1.165) is 32.0 Å². The van der Waals surface area contributed by atoms with Crippen molar-refractivity contribution in [3.63, 3.8) is 0 Å². The third-order valence-electron chi connectivity index (χ3n) is 6.35. The lowest BCUT2D eigenvalue weighted by Gasteiger charge is -2.04. The zero-order valence-corrected chi connectivity index (χ0v) is 21.6. The van der Waals surface area contributed by atoms with Gasteiger partial charge in [-0.15, -0.1) is 11.3 Å². The van der Waals surface area contributed by atoms with E-state index in [1.54, 1.807) is 23.5 Å². The maximum Gasteiger partial charge on any atom is 0.280 e. The summed E-state index contributed by atoms with van der Waals surface area (Å²) in [6.07, 6.45) is 0. The van der Waals surface area contributed by atoms with E-state index in [2.05, 4.69) is 24.2 Å². The lowest BCUT2D eigenvalue weighted by atomic mass is 10.1. The first kappa shape index (κ1) is 23.8. The van der Waals surface area contributed by atoms with Gasteiger partial charge < -0.3 is 0 Å². The molecule has 38 heavy (non-hydrogen) atoms. The van der Waals surface area contributed by atoms with Crippen LogP contribution in [0.25, 0.3) is 37.7 Å². The fourth-order valence-corrected chi connectivity index (χ4v) is 5.51. The molecule has 0 bridgehead atoms. The Morgan fingerprint density at radius 3 is 2.39 bits per heavy atom. The molecule has 6 aromatic rings. The summed E-state index contributed by atoms with van der Waals surface area (Å²) in [6, 6.07) is 29.6. The van der Waals surface area contributed by atoms with E-state index >= 15 is 0 Å². The summed E-state index contributed by atoms with van der Waals surface area (Å²) >= 11 is 1.67. The molecule has 0 unspecified atom stereocenters. The third kappa shape index (κ3) is 4.48. The number of thiazole rings is 1. The second-order valence-electron chi connectivity index (χ2n) is 9.08. The van der Waals surface area contributed by atoms with E-state index in [-0.39, 0.29) is 11.4 Å². The molecule has 0 saturated heterocycles. The third-order valence-corrected chi connectivity index (χ3v) is 7.42. The van der Waals surface area contributed by atoms with Gasteiger partial charge in [0.1, 0.15) is 10.8 Å². The number of nitrogens with zero attached hydrogens (tertiary/aromatic N) is 3. The molecule has 186 valence electrons. The maximum atomic E-state index is 13.6. The summed E-state index contributed by atoms with van der Waals surface area (Å²) in [5.74, 6) is -0.362. The topological polar surface area (TPSA) is 63.0 Å². The van der Waals surface area contributed by atoms with E-state index in [4.69, 9.17) is 9.98 Å². The van der Waals surface area contributed by atoms with Crippen molar-refractivity contribution in [3.05, 3.63) is 124 Å². The molecule has 2 aromatic heterocycles. The molecule has 0 aliphatic heterocycles. The minimum Gasteiger partial charge on any atom is -0.290 e. The van der Waals surface area contributed by atoms with Gasteiger partial charge in [0, 0.05) is 11.1 Å². The Bertz CT molecular complexity index is 1850. The predicted molar refractivity (Wildman–Crippen MR) is 153 cm³/mol. The molecule has 0 amide bonds. The second kappa shape index (κ2) is 9.68. The maximum absolute atomic E-state index is 13.6. The summed E-state index contributed by atoms with van der Waals surface area (Å²) in [5, 5.41) is 4.17. The smallest absolute Gasteiger partial charge is 0.280 e. The average molecular weight is 519 g/mol. The molecular formula is C31H23FN4OS. The summed E-state index contributed by atoms with van der Waals surface area (Å²) in [4.78, 5) is 23.1. The Morgan fingerprint density at radius 1 is 0.921 bits per heavy atom. The number of aromatic amines is 1. The minimum atomic E-state index is -0.362. The minimum absolute atomic E-state index is 0.252. The molecule has 7 heteroatoms. The van der Waals surface area contributed by atoms with Gasteiger partial charge in [0.15, 0.2) is 0 Å². The zero-order chi connectivity index (χ0) is 26.2. The molecule has 0 spiro atoms. The molecule has 0 aliphatic rings. The summed E-state index contributed by atoms with van der Waals surface area (Å²) in [6.45, 7) is 3.91. The number of benzene rings is 4. The molecule has 2 heterocycles. The summed E-state index contributed by atoms with van der Waals surface area (Å²) in [7, 11) is 0. The Labute approximate surface area is 222 Å². The summed E-state index contributed by atoms with van der Waals surface area (Å²) < 4.78 is 16.1. The molecule has 0 radical (unpaired) electrons. The highest BCUT2D eigenvalue weighted by Gasteiger charge is 2.19. The number of nitrogens with one attached hydrogen (secondary N) is 1. The SMILES string of the molecule is CC(=Nc1ccc(-c2nc3ccc(C)cc3s2)cc1)c1c(-c2ccccc2)[nH]n(-c2ccc(F)cc2)c1=O. The van der Waals surface area contributed by atoms with Crippen LogP contribution in [0, 0.1) is 12.7 Å². The van der Waals surface area contributed by atoms with Gasteiger partial charge in [0.25, 0.3) is 5.56 Å². The van der Waals surface area contributed by atoms with Gasteiger partial charge in [0.05, 0.1) is 38.6 Å². The molecule has 0 fully saturated rings. The van der Waals surface area contributed by atoms with Gasteiger partial charge in [-0.25, -0.2) is 14.1 Å². The Kier molecular flexibility index (Phi) is 6.05. The number of hydrogen-bond donors (Lipinski definition) is 1. The Hall–Kier alpha value is -4.62. The van der Waals surface area contributed by atoms with Crippen LogP contribution in [0.4, 0.5) is 10.1 Å². The van der Waals surface area contributed by atoms with Crippen LogP contribution >= 0.6 is 11.3 Å². The molecule has 5 nitrogen and oxygen atoms in total. The van der Waals surface area contributed by atoms with E-state index in [0.29, 0.717) is 22.7 Å². The van der Waals surface area contributed by atoms with E-state index in [1.165, 1.54) is 22.4 Å². The standard InChI is InChI=1S/C31H23FN4OS/c1-19-8-17-26-27(18-19)38-30(34-26)22-9-13-24(14-10-22)33-20(2)28-29(21-6-4-3-5-7-21)35-36(31(28)37)25-15-11-23(32)12-16-25/h3-18,35H,1-2H3. The van der Waals surface area contributed by atoms with Crippen molar-refractivity contribution in [2.45, 2.75) is 13.8 Å². The quantitative estimate of drug-likeness (QED) is 0.238. The van der Waals surface area contributed by atoms with Gasteiger partial charge in [-0.1, -0.05) is 36.4 Å². The number of aryl methyl sites for hydroxylation is 1. The predicted octanol–water partition coefficient (Wildman–Crippen LogP) is 7.70. The van der Waals surface area contributed by atoms with Crippen molar-refractivity contribution < 1.29 is 4.39 Å². The van der Waals surface area contributed by atoms with Crippen LogP contribution in [0.2, 0.25) is 0 Å². The van der Waals surface area contributed by atoms with Crippen molar-refractivity contribution in [1.82, 2.24) is 14.8 Å². The second-order valence-corrected chi connectivity index (χ2v) is 10.1. The van der Waals surface area contributed by atoms with Crippen molar-refractivity contribution >= 4 is 33.0 Å². The first-order chi connectivity index (χ1) is 18.5. The van der Waals surface area contributed by atoms with Gasteiger partial charge in [-0.2, -0.15) is 0 Å². The molecular weight excluding hydrogens is 495 g/mol. The fraction of sp³-hybridized carbons (Fsp3) is 0.0645. The van der Waals surface area contributed by atoms with Crippen LogP contribution in [-0.4, -0.2) is 20.5 Å². The number of halogens is 1.